The van der Waals surface area contributed by atoms with Crippen LogP contribution in [0.3, 0.4) is 0 Å². The van der Waals surface area contributed by atoms with Gasteiger partial charge in [0, 0.05) is 12.1 Å². The number of benzene rings is 1. The first-order valence-electron chi connectivity index (χ1n) is 8.65. The van der Waals surface area contributed by atoms with Crippen LogP contribution >= 0.6 is 15.9 Å². The van der Waals surface area contributed by atoms with Crippen molar-refractivity contribution in [3.05, 3.63) is 46.7 Å². The number of phenols is 1. The third kappa shape index (κ3) is 6.02. The van der Waals surface area contributed by atoms with Crippen LogP contribution in [-0.4, -0.2) is 29.1 Å². The first-order chi connectivity index (χ1) is 12.5. The molecule has 140 valence electrons. The molecule has 1 unspecified atom stereocenters. The number of carbonyl (C=O) groups excluding carboxylic acids is 1. The predicted molar refractivity (Wildman–Crippen MR) is 104 cm³/mol. The zero-order valence-corrected chi connectivity index (χ0v) is 16.7. The van der Waals surface area contributed by atoms with Crippen LogP contribution in [0.4, 0.5) is 0 Å². The van der Waals surface area contributed by atoms with Crippen molar-refractivity contribution in [1.82, 2.24) is 4.98 Å². The number of unbranched alkanes of at least 4 members (excludes halogenated alkanes) is 1. The summed E-state index contributed by atoms with van der Waals surface area (Å²) in [5, 5.41) is 10.3. The molecule has 2 aromatic rings. The number of ketones is 1. The van der Waals surface area contributed by atoms with Crippen molar-refractivity contribution in [1.29, 1.82) is 0 Å². The fourth-order valence-corrected chi connectivity index (χ4v) is 2.85. The van der Waals surface area contributed by atoms with Crippen molar-refractivity contribution in [2.75, 3.05) is 13.2 Å². The number of phenolic OH excluding ortho intramolecular Hbond substituents is 1. The Morgan fingerprint density at radius 3 is 2.62 bits per heavy atom. The van der Waals surface area contributed by atoms with E-state index < -0.39 is 0 Å². The highest BCUT2D eigenvalue weighted by atomic mass is 79.9. The number of hydrogen-bond acceptors (Lipinski definition) is 5. The van der Waals surface area contributed by atoms with Gasteiger partial charge in [0.25, 0.3) is 0 Å². The summed E-state index contributed by atoms with van der Waals surface area (Å²) in [6.07, 6.45) is 5.58. The van der Waals surface area contributed by atoms with Crippen LogP contribution in [0.1, 0.15) is 32.3 Å². The Morgan fingerprint density at radius 1 is 1.23 bits per heavy atom. The third-order valence-electron chi connectivity index (χ3n) is 4.08. The van der Waals surface area contributed by atoms with Crippen molar-refractivity contribution in [3.63, 3.8) is 0 Å². The van der Waals surface area contributed by atoms with E-state index in [0.29, 0.717) is 29.9 Å². The molecule has 0 aliphatic heterocycles. The van der Waals surface area contributed by atoms with E-state index in [4.69, 9.17) is 9.47 Å². The van der Waals surface area contributed by atoms with Crippen molar-refractivity contribution < 1.29 is 19.4 Å². The second-order valence-electron chi connectivity index (χ2n) is 6.19. The lowest BCUT2D eigenvalue weighted by Crippen LogP contribution is -2.10. The SMILES string of the molecule is CC(=O)C(C)Cc1ccc(OCCCCOc2cccnc2)c(Br)c1O. The summed E-state index contributed by atoms with van der Waals surface area (Å²) < 4.78 is 11.8. The summed E-state index contributed by atoms with van der Waals surface area (Å²) in [5.74, 6) is 1.47. The van der Waals surface area contributed by atoms with Gasteiger partial charge in [-0.2, -0.15) is 0 Å². The van der Waals surface area contributed by atoms with Gasteiger partial charge in [0.1, 0.15) is 27.5 Å². The molecule has 0 bridgehead atoms. The number of rotatable bonds is 10. The smallest absolute Gasteiger partial charge is 0.137 e. The molecule has 0 saturated heterocycles. The zero-order valence-electron chi connectivity index (χ0n) is 15.1. The highest BCUT2D eigenvalue weighted by Gasteiger charge is 2.16. The molecular formula is C20H24BrNO4. The first-order valence-corrected chi connectivity index (χ1v) is 9.44. The largest absolute Gasteiger partial charge is 0.506 e. The lowest BCUT2D eigenvalue weighted by molar-refractivity contribution is -0.120. The van der Waals surface area contributed by atoms with Gasteiger partial charge < -0.3 is 14.6 Å². The van der Waals surface area contributed by atoms with Crippen LogP contribution in [0, 0.1) is 5.92 Å². The molecule has 5 nitrogen and oxygen atoms in total. The molecule has 0 aliphatic rings. The van der Waals surface area contributed by atoms with Crippen molar-refractivity contribution in [3.8, 4) is 17.2 Å². The molecule has 0 saturated carbocycles. The van der Waals surface area contributed by atoms with E-state index in [2.05, 4.69) is 20.9 Å². The second-order valence-corrected chi connectivity index (χ2v) is 6.99. The zero-order chi connectivity index (χ0) is 18.9. The summed E-state index contributed by atoms with van der Waals surface area (Å²) in [4.78, 5) is 15.4. The Hall–Kier alpha value is -2.08. The van der Waals surface area contributed by atoms with Gasteiger partial charge in [-0.3, -0.25) is 9.78 Å². The van der Waals surface area contributed by atoms with Gasteiger partial charge in [-0.25, -0.2) is 0 Å². The molecule has 1 N–H and O–H groups in total. The topological polar surface area (TPSA) is 68.7 Å². The second kappa shape index (κ2) is 10.2. The number of halogens is 1. The van der Waals surface area contributed by atoms with E-state index in [-0.39, 0.29) is 17.5 Å². The molecule has 6 heteroatoms. The highest BCUT2D eigenvalue weighted by molar-refractivity contribution is 9.10. The molecule has 0 radical (unpaired) electrons. The highest BCUT2D eigenvalue weighted by Crippen LogP contribution is 2.37. The van der Waals surface area contributed by atoms with Crippen LogP contribution in [0.5, 0.6) is 17.2 Å². The molecule has 26 heavy (non-hydrogen) atoms. The molecule has 2 rings (SSSR count). The molecule has 1 heterocycles. The normalized spacial score (nSPS) is 11.8. The van der Waals surface area contributed by atoms with Gasteiger partial charge in [-0.1, -0.05) is 13.0 Å². The predicted octanol–water partition coefficient (Wildman–Crippen LogP) is 4.56. The van der Waals surface area contributed by atoms with Gasteiger partial charge in [0.15, 0.2) is 0 Å². The number of hydrogen-bond donors (Lipinski definition) is 1. The summed E-state index contributed by atoms with van der Waals surface area (Å²) in [5.41, 5.74) is 0.733. The summed E-state index contributed by atoms with van der Waals surface area (Å²) in [7, 11) is 0. The summed E-state index contributed by atoms with van der Waals surface area (Å²) in [6, 6.07) is 7.33. The standard InChI is InChI=1S/C20H24BrNO4/c1-14(15(2)23)12-16-7-8-18(19(21)20(16)24)26-11-4-3-10-25-17-6-5-9-22-13-17/h5-9,13-14,24H,3-4,10-12H2,1-2H3. The Kier molecular flexibility index (Phi) is 7.91. The lowest BCUT2D eigenvalue weighted by Gasteiger charge is -2.14. The fraction of sp³-hybridized carbons (Fsp3) is 0.400. The van der Waals surface area contributed by atoms with Crippen molar-refractivity contribution >= 4 is 21.7 Å². The number of nitrogens with zero attached hydrogens (tertiary/aromatic N) is 1. The van der Waals surface area contributed by atoms with Crippen LogP contribution in [0.2, 0.25) is 0 Å². The fourth-order valence-electron chi connectivity index (χ4n) is 2.34. The Bertz CT molecular complexity index is 721. The van der Waals surface area contributed by atoms with Gasteiger partial charge >= 0.3 is 0 Å². The van der Waals surface area contributed by atoms with E-state index in [1.165, 1.54) is 0 Å². The Balaban J connectivity index is 1.77. The molecule has 0 fully saturated rings. The van der Waals surface area contributed by atoms with Crippen LogP contribution in [-0.2, 0) is 11.2 Å². The minimum Gasteiger partial charge on any atom is -0.506 e. The number of aromatic hydroxyl groups is 1. The minimum atomic E-state index is -0.126. The Labute approximate surface area is 162 Å². The van der Waals surface area contributed by atoms with Gasteiger partial charge in [-0.05, 0) is 65.9 Å². The van der Waals surface area contributed by atoms with Gasteiger partial charge in [0.2, 0.25) is 0 Å². The molecular weight excluding hydrogens is 398 g/mol. The number of pyridine rings is 1. The molecule has 1 aromatic heterocycles. The summed E-state index contributed by atoms with van der Waals surface area (Å²) in [6.45, 7) is 4.54. The number of ether oxygens (including phenoxy) is 2. The van der Waals surface area contributed by atoms with Crippen LogP contribution in [0.25, 0.3) is 0 Å². The summed E-state index contributed by atoms with van der Waals surface area (Å²) >= 11 is 3.38. The third-order valence-corrected chi connectivity index (χ3v) is 4.85. The maximum absolute atomic E-state index is 11.4. The van der Waals surface area contributed by atoms with Gasteiger partial charge in [0.05, 0.1) is 19.4 Å². The molecule has 0 amide bonds. The monoisotopic (exact) mass is 421 g/mol. The maximum Gasteiger partial charge on any atom is 0.137 e. The Morgan fingerprint density at radius 2 is 1.96 bits per heavy atom. The molecule has 0 spiro atoms. The van der Waals surface area contributed by atoms with E-state index in [0.717, 1.165) is 24.2 Å². The molecule has 1 aromatic carbocycles. The van der Waals surface area contributed by atoms with E-state index in [9.17, 15) is 9.90 Å². The number of carbonyl (C=O) groups is 1. The van der Waals surface area contributed by atoms with E-state index >= 15 is 0 Å². The minimum absolute atomic E-state index is 0.106. The first kappa shape index (κ1) is 20.2. The van der Waals surface area contributed by atoms with E-state index in [1.807, 2.05) is 25.1 Å². The van der Waals surface area contributed by atoms with E-state index in [1.54, 1.807) is 25.4 Å². The van der Waals surface area contributed by atoms with Gasteiger partial charge in [-0.15, -0.1) is 0 Å². The maximum atomic E-state index is 11.4. The molecule has 0 aliphatic carbocycles. The molecule has 1 atom stereocenters. The average molecular weight is 422 g/mol. The number of aromatic nitrogens is 1. The van der Waals surface area contributed by atoms with Crippen molar-refractivity contribution in [2.45, 2.75) is 33.1 Å². The quantitative estimate of drug-likeness (QED) is 0.569. The average Bonchev–Trinajstić information content (AvgIpc) is 2.64. The number of Topliss-reactive ketones (excluding diaryl/α,β-unsaturated/α-hetero) is 1. The lowest BCUT2D eigenvalue weighted by atomic mass is 9.97. The van der Waals surface area contributed by atoms with Crippen molar-refractivity contribution in [2.24, 2.45) is 5.92 Å². The van der Waals surface area contributed by atoms with Crippen LogP contribution < -0.4 is 9.47 Å². The van der Waals surface area contributed by atoms with Crippen LogP contribution in [0.15, 0.2) is 41.1 Å².